The highest BCUT2D eigenvalue weighted by atomic mass is 16.4. The summed E-state index contributed by atoms with van der Waals surface area (Å²) in [7, 11) is 0. The first-order valence-electron chi connectivity index (χ1n) is 5.88. The molecular weight excluding hydrogens is 230 g/mol. The molecule has 1 heterocycles. The highest BCUT2D eigenvalue weighted by Crippen LogP contribution is 2.09. The van der Waals surface area contributed by atoms with Gasteiger partial charge in [0, 0.05) is 32.7 Å². The second-order valence-corrected chi connectivity index (χ2v) is 4.35. The minimum absolute atomic E-state index is 0.561. The molecular formula is C13H15N3O2. The van der Waals surface area contributed by atoms with Crippen LogP contribution in [-0.4, -0.2) is 47.2 Å². The van der Waals surface area contributed by atoms with Gasteiger partial charge >= 0.3 is 6.09 Å². The van der Waals surface area contributed by atoms with Crippen molar-refractivity contribution in [2.24, 2.45) is 0 Å². The quantitative estimate of drug-likeness (QED) is 0.854. The number of benzene rings is 1. The summed E-state index contributed by atoms with van der Waals surface area (Å²) in [6.07, 6.45) is -0.840. The van der Waals surface area contributed by atoms with Crippen molar-refractivity contribution in [3.8, 4) is 6.07 Å². The predicted octanol–water partition coefficient (Wildman–Crippen LogP) is 1.35. The Kier molecular flexibility index (Phi) is 3.80. The molecule has 1 aromatic rings. The van der Waals surface area contributed by atoms with E-state index in [-0.39, 0.29) is 0 Å². The van der Waals surface area contributed by atoms with E-state index in [2.05, 4.69) is 11.0 Å². The molecule has 0 spiro atoms. The topological polar surface area (TPSA) is 67.6 Å². The molecule has 18 heavy (non-hydrogen) atoms. The summed E-state index contributed by atoms with van der Waals surface area (Å²) in [5, 5.41) is 17.6. The van der Waals surface area contributed by atoms with E-state index in [0.29, 0.717) is 18.7 Å². The Hall–Kier alpha value is -2.06. The van der Waals surface area contributed by atoms with Crippen LogP contribution in [0.1, 0.15) is 11.1 Å². The molecule has 1 aromatic carbocycles. The number of hydrogen-bond acceptors (Lipinski definition) is 3. The molecule has 0 aromatic heterocycles. The number of hydrogen-bond donors (Lipinski definition) is 1. The minimum Gasteiger partial charge on any atom is -0.465 e. The molecule has 1 saturated heterocycles. The fraction of sp³-hybridized carbons (Fsp3) is 0.385. The molecule has 1 amide bonds. The van der Waals surface area contributed by atoms with Crippen LogP contribution in [0.2, 0.25) is 0 Å². The molecule has 94 valence electrons. The molecule has 1 aliphatic rings. The zero-order valence-electron chi connectivity index (χ0n) is 10.0. The fourth-order valence-electron chi connectivity index (χ4n) is 2.04. The summed E-state index contributed by atoms with van der Waals surface area (Å²) in [6, 6.07) is 9.60. The van der Waals surface area contributed by atoms with Crippen molar-refractivity contribution in [3.63, 3.8) is 0 Å². The molecule has 1 fully saturated rings. The summed E-state index contributed by atoms with van der Waals surface area (Å²) in [4.78, 5) is 14.4. The van der Waals surface area contributed by atoms with Crippen LogP contribution in [0.15, 0.2) is 24.3 Å². The largest absolute Gasteiger partial charge is 0.465 e. The van der Waals surface area contributed by atoms with Crippen LogP contribution in [0.3, 0.4) is 0 Å². The van der Waals surface area contributed by atoms with Crippen LogP contribution in [0.5, 0.6) is 0 Å². The lowest BCUT2D eigenvalue weighted by Crippen LogP contribution is -2.47. The van der Waals surface area contributed by atoms with Gasteiger partial charge in [-0.1, -0.05) is 12.1 Å². The van der Waals surface area contributed by atoms with Gasteiger partial charge in [0.15, 0.2) is 0 Å². The van der Waals surface area contributed by atoms with Gasteiger partial charge in [-0.3, -0.25) is 4.90 Å². The van der Waals surface area contributed by atoms with Crippen LogP contribution in [-0.2, 0) is 6.54 Å². The van der Waals surface area contributed by atoms with Gasteiger partial charge in [-0.05, 0) is 17.7 Å². The first kappa shape index (κ1) is 12.4. The molecule has 5 nitrogen and oxygen atoms in total. The Balaban J connectivity index is 1.87. The van der Waals surface area contributed by atoms with Crippen molar-refractivity contribution in [3.05, 3.63) is 35.4 Å². The second-order valence-electron chi connectivity index (χ2n) is 4.35. The van der Waals surface area contributed by atoms with Crippen LogP contribution in [0.4, 0.5) is 4.79 Å². The maximum Gasteiger partial charge on any atom is 0.407 e. The Morgan fingerprint density at radius 2 is 1.83 bits per heavy atom. The number of piperazine rings is 1. The lowest BCUT2D eigenvalue weighted by atomic mass is 10.1. The SMILES string of the molecule is N#Cc1ccc(CN2CCN(C(=O)O)CC2)cc1. The van der Waals surface area contributed by atoms with Gasteiger partial charge in [0.25, 0.3) is 0 Å². The zero-order valence-corrected chi connectivity index (χ0v) is 10.0. The van der Waals surface area contributed by atoms with Crippen LogP contribution in [0.25, 0.3) is 0 Å². The van der Waals surface area contributed by atoms with Crippen LogP contribution in [0, 0.1) is 11.3 Å². The van der Waals surface area contributed by atoms with E-state index in [1.807, 2.05) is 24.3 Å². The van der Waals surface area contributed by atoms with E-state index >= 15 is 0 Å². The number of nitriles is 1. The Labute approximate surface area is 106 Å². The molecule has 0 unspecified atom stereocenters. The van der Waals surface area contributed by atoms with E-state index in [4.69, 9.17) is 10.4 Å². The monoisotopic (exact) mass is 245 g/mol. The minimum atomic E-state index is -0.840. The Morgan fingerprint density at radius 3 is 2.33 bits per heavy atom. The van der Waals surface area contributed by atoms with Gasteiger partial charge in [-0.15, -0.1) is 0 Å². The molecule has 0 radical (unpaired) electrons. The molecule has 0 saturated carbocycles. The second kappa shape index (κ2) is 5.52. The maximum absolute atomic E-state index is 10.8. The van der Waals surface area contributed by atoms with E-state index in [0.717, 1.165) is 25.2 Å². The van der Waals surface area contributed by atoms with Crippen molar-refractivity contribution in [2.45, 2.75) is 6.54 Å². The first-order valence-corrected chi connectivity index (χ1v) is 5.88. The number of carboxylic acid groups (broad SMARTS) is 1. The molecule has 1 N–H and O–H groups in total. The normalized spacial score (nSPS) is 16.3. The molecule has 5 heteroatoms. The zero-order chi connectivity index (χ0) is 13.0. The third-order valence-electron chi connectivity index (χ3n) is 3.13. The van der Waals surface area contributed by atoms with Gasteiger partial charge in [-0.2, -0.15) is 5.26 Å². The first-order chi connectivity index (χ1) is 8.69. The average molecular weight is 245 g/mol. The number of nitrogens with zero attached hydrogens (tertiary/aromatic N) is 3. The Bertz CT molecular complexity index is 456. The van der Waals surface area contributed by atoms with E-state index in [9.17, 15) is 4.79 Å². The van der Waals surface area contributed by atoms with Crippen molar-refractivity contribution in [1.82, 2.24) is 9.80 Å². The summed E-state index contributed by atoms with van der Waals surface area (Å²) in [5.74, 6) is 0. The lowest BCUT2D eigenvalue weighted by Gasteiger charge is -2.33. The third kappa shape index (κ3) is 2.99. The fourth-order valence-corrected chi connectivity index (χ4v) is 2.04. The molecule has 2 rings (SSSR count). The molecule has 0 aliphatic carbocycles. The van der Waals surface area contributed by atoms with Crippen molar-refractivity contribution < 1.29 is 9.90 Å². The summed E-state index contributed by atoms with van der Waals surface area (Å²) in [5.41, 5.74) is 1.81. The lowest BCUT2D eigenvalue weighted by molar-refractivity contribution is 0.103. The van der Waals surface area contributed by atoms with Gasteiger partial charge in [0.2, 0.25) is 0 Å². The smallest absolute Gasteiger partial charge is 0.407 e. The number of rotatable bonds is 2. The Morgan fingerprint density at radius 1 is 1.22 bits per heavy atom. The highest BCUT2D eigenvalue weighted by molar-refractivity contribution is 5.65. The van der Waals surface area contributed by atoms with Crippen LogP contribution < -0.4 is 0 Å². The van der Waals surface area contributed by atoms with E-state index in [1.54, 1.807) is 0 Å². The van der Waals surface area contributed by atoms with Crippen LogP contribution >= 0.6 is 0 Å². The summed E-state index contributed by atoms with van der Waals surface area (Å²) in [6.45, 7) is 3.44. The number of amides is 1. The number of carbonyl (C=O) groups is 1. The van der Waals surface area contributed by atoms with Crippen molar-refractivity contribution in [2.75, 3.05) is 26.2 Å². The summed E-state index contributed by atoms with van der Waals surface area (Å²) >= 11 is 0. The third-order valence-corrected chi connectivity index (χ3v) is 3.13. The van der Waals surface area contributed by atoms with E-state index < -0.39 is 6.09 Å². The van der Waals surface area contributed by atoms with Crippen molar-refractivity contribution in [1.29, 1.82) is 5.26 Å². The molecule has 1 aliphatic heterocycles. The highest BCUT2D eigenvalue weighted by Gasteiger charge is 2.19. The maximum atomic E-state index is 10.8. The summed E-state index contributed by atoms with van der Waals surface area (Å²) < 4.78 is 0. The van der Waals surface area contributed by atoms with Gasteiger partial charge in [-0.25, -0.2) is 4.79 Å². The van der Waals surface area contributed by atoms with Gasteiger partial charge in [0.05, 0.1) is 11.6 Å². The standard InChI is InChI=1S/C13H15N3O2/c14-9-11-1-3-12(4-2-11)10-15-5-7-16(8-6-15)13(17)18/h1-4H,5-8,10H2,(H,17,18). The average Bonchev–Trinajstić information content (AvgIpc) is 2.40. The van der Waals surface area contributed by atoms with Gasteiger partial charge < -0.3 is 10.0 Å². The van der Waals surface area contributed by atoms with Crippen molar-refractivity contribution >= 4 is 6.09 Å². The van der Waals surface area contributed by atoms with E-state index in [1.165, 1.54) is 4.90 Å². The predicted molar refractivity (Wildman–Crippen MR) is 66.0 cm³/mol. The molecule has 0 bridgehead atoms. The molecule has 0 atom stereocenters. The van der Waals surface area contributed by atoms with Gasteiger partial charge in [0.1, 0.15) is 0 Å².